The van der Waals surface area contributed by atoms with Crippen molar-refractivity contribution >= 4 is 22.8 Å². The number of oxime groups is 1. The average Bonchev–Trinajstić information content (AvgIpc) is 2.41. The number of pyridine rings is 1. The molecule has 0 saturated carbocycles. The van der Waals surface area contributed by atoms with Crippen LogP contribution < -0.4 is 0 Å². The van der Waals surface area contributed by atoms with Crippen molar-refractivity contribution in [1.29, 1.82) is 0 Å². The summed E-state index contributed by atoms with van der Waals surface area (Å²) in [6.45, 7) is 2.12. The second-order valence-electron chi connectivity index (χ2n) is 3.64. The fourth-order valence-corrected chi connectivity index (χ4v) is 1.65. The van der Waals surface area contributed by atoms with Gasteiger partial charge in [0.05, 0.1) is 16.5 Å². The second-order valence-corrected chi connectivity index (χ2v) is 3.64. The van der Waals surface area contributed by atoms with Gasteiger partial charge in [0.1, 0.15) is 12.1 Å². The Hall–Kier alpha value is -2.70. The van der Waals surface area contributed by atoms with Gasteiger partial charge in [0.2, 0.25) is 0 Å². The summed E-state index contributed by atoms with van der Waals surface area (Å²) in [6, 6.07) is 4.34. The maximum atomic E-state index is 11.0. The topological polar surface area (TPSA) is 97.9 Å². The third-order valence-electron chi connectivity index (χ3n) is 2.47. The highest BCUT2D eigenvalue weighted by Gasteiger charge is 2.18. The number of hydrogen-bond donors (Lipinski definition) is 1. The molecular weight excluding hydrogens is 250 g/mol. The summed E-state index contributed by atoms with van der Waals surface area (Å²) in [5, 5.41) is 24.9. The molecule has 2 aromatic rings. The van der Waals surface area contributed by atoms with E-state index in [4.69, 9.17) is 4.84 Å². The molecule has 2 rings (SSSR count). The molecule has 0 bridgehead atoms. The van der Waals surface area contributed by atoms with Crippen molar-refractivity contribution in [3.8, 4) is 5.75 Å². The third kappa shape index (κ3) is 2.44. The zero-order valence-corrected chi connectivity index (χ0v) is 10.1. The van der Waals surface area contributed by atoms with Crippen LogP contribution in [0.4, 0.5) is 5.69 Å². The first kappa shape index (κ1) is 12.7. The second kappa shape index (κ2) is 5.30. The summed E-state index contributed by atoms with van der Waals surface area (Å²) in [6.07, 6.45) is 2.68. The summed E-state index contributed by atoms with van der Waals surface area (Å²) >= 11 is 0. The molecule has 7 heteroatoms. The molecule has 0 aliphatic heterocycles. The molecule has 0 aliphatic rings. The van der Waals surface area contributed by atoms with Gasteiger partial charge >= 0.3 is 0 Å². The molecular formula is C12H11N3O4. The highest BCUT2D eigenvalue weighted by Crippen LogP contribution is 2.33. The fourth-order valence-electron chi connectivity index (χ4n) is 1.65. The molecule has 0 atom stereocenters. The Labute approximate surface area is 108 Å². The predicted octanol–water partition coefficient (Wildman–Crippen LogP) is 2.22. The Kier molecular flexibility index (Phi) is 3.56. The number of aromatic hydroxyl groups is 1. The number of non-ortho nitro benzene ring substituents is 1. The lowest BCUT2D eigenvalue weighted by Crippen LogP contribution is -1.95. The van der Waals surface area contributed by atoms with Crippen LogP contribution in [-0.4, -0.2) is 27.8 Å². The molecule has 19 heavy (non-hydrogen) atoms. The Morgan fingerprint density at radius 1 is 1.63 bits per heavy atom. The molecule has 7 nitrogen and oxygen atoms in total. The van der Waals surface area contributed by atoms with Gasteiger partial charge in [0, 0.05) is 17.8 Å². The van der Waals surface area contributed by atoms with Crippen molar-refractivity contribution in [2.45, 2.75) is 6.92 Å². The molecule has 1 N–H and O–H groups in total. The Bertz CT molecular complexity index is 655. The van der Waals surface area contributed by atoms with Crippen LogP contribution in [0.25, 0.3) is 10.9 Å². The minimum absolute atomic E-state index is 0.140. The SMILES string of the molecule is CCO/N=C/c1cc([N+](=O)[O-])c2cccnc2c1O. The standard InChI is InChI=1S/C12H11N3O4/c1-2-19-14-7-8-6-10(15(17)18)9-4-3-5-13-11(9)12(8)16/h3-7,16H,2H2,1H3/b14-7+. The van der Waals surface area contributed by atoms with Crippen LogP contribution in [0.1, 0.15) is 12.5 Å². The van der Waals surface area contributed by atoms with E-state index in [0.29, 0.717) is 6.61 Å². The zero-order chi connectivity index (χ0) is 13.8. The molecule has 1 heterocycles. The van der Waals surface area contributed by atoms with Gasteiger partial charge in [0.15, 0.2) is 5.75 Å². The average molecular weight is 261 g/mol. The molecule has 0 aliphatic carbocycles. The van der Waals surface area contributed by atoms with Crippen LogP contribution in [0.3, 0.4) is 0 Å². The Morgan fingerprint density at radius 2 is 2.42 bits per heavy atom. The van der Waals surface area contributed by atoms with Gasteiger partial charge < -0.3 is 9.94 Å². The molecule has 0 radical (unpaired) electrons. The van der Waals surface area contributed by atoms with Gasteiger partial charge in [-0.2, -0.15) is 0 Å². The van der Waals surface area contributed by atoms with Crippen LogP contribution >= 0.6 is 0 Å². The number of fused-ring (bicyclic) bond motifs is 1. The lowest BCUT2D eigenvalue weighted by Gasteiger charge is -2.04. The molecule has 0 amide bonds. The van der Waals surface area contributed by atoms with E-state index in [1.165, 1.54) is 24.5 Å². The molecule has 0 spiro atoms. The number of nitro groups is 1. The van der Waals surface area contributed by atoms with E-state index in [1.807, 2.05) is 0 Å². The van der Waals surface area contributed by atoms with E-state index in [1.54, 1.807) is 13.0 Å². The van der Waals surface area contributed by atoms with E-state index in [9.17, 15) is 15.2 Å². The van der Waals surface area contributed by atoms with Crippen molar-refractivity contribution in [1.82, 2.24) is 4.98 Å². The zero-order valence-electron chi connectivity index (χ0n) is 10.1. The minimum atomic E-state index is -0.526. The normalized spacial score (nSPS) is 11.0. The van der Waals surface area contributed by atoms with E-state index in [-0.39, 0.29) is 27.9 Å². The van der Waals surface area contributed by atoms with Crippen LogP contribution in [0, 0.1) is 10.1 Å². The van der Waals surface area contributed by atoms with Gasteiger partial charge in [-0.15, -0.1) is 0 Å². The number of aromatic nitrogens is 1. The lowest BCUT2D eigenvalue weighted by atomic mass is 10.1. The first-order chi connectivity index (χ1) is 9.15. The Balaban J connectivity index is 2.66. The van der Waals surface area contributed by atoms with Crippen molar-refractivity contribution in [3.63, 3.8) is 0 Å². The van der Waals surface area contributed by atoms with Gasteiger partial charge in [-0.1, -0.05) is 5.16 Å². The molecule has 1 aromatic heterocycles. The van der Waals surface area contributed by atoms with E-state index in [2.05, 4.69) is 10.1 Å². The summed E-state index contributed by atoms with van der Waals surface area (Å²) in [7, 11) is 0. The lowest BCUT2D eigenvalue weighted by molar-refractivity contribution is -0.383. The first-order valence-electron chi connectivity index (χ1n) is 5.55. The highest BCUT2D eigenvalue weighted by atomic mass is 16.6. The Morgan fingerprint density at radius 3 is 3.11 bits per heavy atom. The maximum Gasteiger partial charge on any atom is 0.279 e. The summed E-state index contributed by atoms with van der Waals surface area (Å²) in [5.74, 6) is -0.162. The van der Waals surface area contributed by atoms with E-state index < -0.39 is 4.92 Å². The van der Waals surface area contributed by atoms with Gasteiger partial charge in [-0.05, 0) is 19.1 Å². The maximum absolute atomic E-state index is 11.0. The summed E-state index contributed by atoms with van der Waals surface area (Å²) in [5.41, 5.74) is 0.208. The van der Waals surface area contributed by atoms with Crippen LogP contribution in [-0.2, 0) is 4.84 Å². The fraction of sp³-hybridized carbons (Fsp3) is 0.167. The predicted molar refractivity (Wildman–Crippen MR) is 69.3 cm³/mol. The van der Waals surface area contributed by atoms with Crippen molar-refractivity contribution in [2.75, 3.05) is 6.61 Å². The van der Waals surface area contributed by atoms with E-state index >= 15 is 0 Å². The van der Waals surface area contributed by atoms with Gasteiger partial charge in [-0.3, -0.25) is 15.1 Å². The van der Waals surface area contributed by atoms with Crippen molar-refractivity contribution in [3.05, 3.63) is 40.1 Å². The minimum Gasteiger partial charge on any atom is -0.505 e. The number of hydrogen-bond acceptors (Lipinski definition) is 6. The molecule has 0 unspecified atom stereocenters. The smallest absolute Gasteiger partial charge is 0.279 e. The number of nitro benzene ring substituents is 1. The van der Waals surface area contributed by atoms with Crippen molar-refractivity contribution in [2.24, 2.45) is 5.16 Å². The summed E-state index contributed by atoms with van der Waals surface area (Å²) in [4.78, 5) is 19.2. The summed E-state index contributed by atoms with van der Waals surface area (Å²) < 4.78 is 0. The quantitative estimate of drug-likeness (QED) is 0.517. The van der Waals surface area contributed by atoms with Gasteiger partial charge in [-0.25, -0.2) is 0 Å². The van der Waals surface area contributed by atoms with Crippen LogP contribution in [0.15, 0.2) is 29.6 Å². The van der Waals surface area contributed by atoms with Crippen LogP contribution in [0.5, 0.6) is 5.75 Å². The number of rotatable bonds is 4. The molecule has 0 saturated heterocycles. The number of benzene rings is 1. The van der Waals surface area contributed by atoms with Crippen molar-refractivity contribution < 1.29 is 14.9 Å². The molecule has 98 valence electrons. The van der Waals surface area contributed by atoms with Crippen LogP contribution in [0.2, 0.25) is 0 Å². The monoisotopic (exact) mass is 261 g/mol. The van der Waals surface area contributed by atoms with Gasteiger partial charge in [0.25, 0.3) is 5.69 Å². The molecule has 1 aromatic carbocycles. The number of nitrogens with zero attached hydrogens (tertiary/aromatic N) is 3. The first-order valence-corrected chi connectivity index (χ1v) is 5.55. The number of phenolic OH excluding ortho intramolecular Hbond substituents is 1. The largest absolute Gasteiger partial charge is 0.505 e. The highest BCUT2D eigenvalue weighted by molar-refractivity contribution is 5.99. The molecule has 0 fully saturated rings. The number of phenols is 1. The van der Waals surface area contributed by atoms with E-state index in [0.717, 1.165) is 0 Å². The third-order valence-corrected chi connectivity index (χ3v) is 2.47.